The summed E-state index contributed by atoms with van der Waals surface area (Å²) in [6, 6.07) is 8.95. The number of benzene rings is 1. The van der Waals surface area contributed by atoms with Gasteiger partial charge in [0.1, 0.15) is 0 Å². The molecule has 3 rings (SSSR count). The standard InChI is InChI=1S/C17H23ClN2/c1-13-4-2-6-15(12-13)19-9-11-20-10-8-14-5-3-7-16(18)17(14)20/h3,5,7-8,10,13,15,19H,2,4,6,9,11-12H2,1H3. The number of hydrogen-bond acceptors (Lipinski definition) is 1. The third kappa shape index (κ3) is 3.02. The summed E-state index contributed by atoms with van der Waals surface area (Å²) in [5, 5.41) is 5.78. The molecule has 1 aliphatic carbocycles. The number of aromatic nitrogens is 1. The molecule has 0 bridgehead atoms. The highest BCUT2D eigenvalue weighted by Gasteiger charge is 2.17. The minimum atomic E-state index is 0.705. The van der Waals surface area contributed by atoms with Gasteiger partial charge in [-0.3, -0.25) is 0 Å². The first kappa shape index (κ1) is 14.0. The third-order valence-electron chi connectivity index (χ3n) is 4.46. The second kappa shape index (κ2) is 6.19. The van der Waals surface area contributed by atoms with E-state index in [9.17, 15) is 0 Å². The van der Waals surface area contributed by atoms with E-state index in [1.807, 2.05) is 12.1 Å². The summed E-state index contributed by atoms with van der Waals surface area (Å²) in [4.78, 5) is 0. The van der Waals surface area contributed by atoms with Crippen LogP contribution in [0.4, 0.5) is 0 Å². The minimum Gasteiger partial charge on any atom is -0.345 e. The summed E-state index contributed by atoms with van der Waals surface area (Å²) in [6.07, 6.45) is 7.57. The predicted molar refractivity (Wildman–Crippen MR) is 86.4 cm³/mol. The van der Waals surface area contributed by atoms with E-state index in [1.54, 1.807) is 0 Å². The largest absolute Gasteiger partial charge is 0.345 e. The molecular weight excluding hydrogens is 268 g/mol. The van der Waals surface area contributed by atoms with Crippen molar-refractivity contribution in [2.75, 3.05) is 6.54 Å². The van der Waals surface area contributed by atoms with Crippen molar-refractivity contribution in [3.63, 3.8) is 0 Å². The van der Waals surface area contributed by atoms with Crippen molar-refractivity contribution >= 4 is 22.5 Å². The van der Waals surface area contributed by atoms with E-state index < -0.39 is 0 Å². The van der Waals surface area contributed by atoms with Crippen LogP contribution in [0.3, 0.4) is 0 Å². The maximum atomic E-state index is 6.31. The van der Waals surface area contributed by atoms with E-state index in [-0.39, 0.29) is 0 Å². The Bertz CT molecular complexity index is 575. The molecule has 0 aliphatic heterocycles. The zero-order valence-corrected chi connectivity index (χ0v) is 12.9. The normalized spacial score (nSPS) is 23.3. The molecule has 1 aromatic carbocycles. The van der Waals surface area contributed by atoms with E-state index in [1.165, 1.54) is 31.1 Å². The Morgan fingerprint density at radius 2 is 2.20 bits per heavy atom. The fourth-order valence-corrected chi connectivity index (χ4v) is 3.70. The molecule has 1 saturated carbocycles. The van der Waals surface area contributed by atoms with Crippen molar-refractivity contribution in [2.24, 2.45) is 5.92 Å². The lowest BCUT2D eigenvalue weighted by Crippen LogP contribution is -2.35. The summed E-state index contributed by atoms with van der Waals surface area (Å²) >= 11 is 6.31. The van der Waals surface area contributed by atoms with Crippen molar-refractivity contribution in [3.05, 3.63) is 35.5 Å². The van der Waals surface area contributed by atoms with Gasteiger partial charge in [0.25, 0.3) is 0 Å². The van der Waals surface area contributed by atoms with E-state index >= 15 is 0 Å². The number of rotatable bonds is 4. The molecule has 0 saturated heterocycles. The van der Waals surface area contributed by atoms with E-state index in [0.717, 1.165) is 29.5 Å². The molecule has 1 aromatic heterocycles. The molecule has 0 spiro atoms. The third-order valence-corrected chi connectivity index (χ3v) is 4.77. The fraction of sp³-hybridized carbons (Fsp3) is 0.529. The first-order valence-corrected chi connectivity index (χ1v) is 8.08. The fourth-order valence-electron chi connectivity index (χ4n) is 3.41. The quantitative estimate of drug-likeness (QED) is 0.879. The molecule has 2 nitrogen and oxygen atoms in total. The van der Waals surface area contributed by atoms with Crippen LogP contribution in [0.2, 0.25) is 5.02 Å². The highest BCUT2D eigenvalue weighted by molar-refractivity contribution is 6.35. The molecular formula is C17H23ClN2. The number of nitrogens with zero attached hydrogens (tertiary/aromatic N) is 1. The highest BCUT2D eigenvalue weighted by atomic mass is 35.5. The summed E-state index contributed by atoms with van der Waals surface area (Å²) in [7, 11) is 0. The van der Waals surface area contributed by atoms with Crippen LogP contribution < -0.4 is 5.32 Å². The second-order valence-corrected chi connectivity index (χ2v) is 6.52. The molecule has 1 aliphatic rings. The Balaban J connectivity index is 1.60. The smallest absolute Gasteiger partial charge is 0.0670 e. The van der Waals surface area contributed by atoms with Gasteiger partial charge in [-0.25, -0.2) is 0 Å². The average molecular weight is 291 g/mol. The molecule has 1 heterocycles. The number of hydrogen-bond donors (Lipinski definition) is 1. The van der Waals surface area contributed by atoms with Crippen molar-refractivity contribution in [2.45, 2.75) is 45.2 Å². The Labute approximate surface area is 126 Å². The lowest BCUT2D eigenvalue weighted by molar-refractivity contribution is 0.299. The summed E-state index contributed by atoms with van der Waals surface area (Å²) in [5.41, 5.74) is 1.16. The van der Waals surface area contributed by atoms with Crippen LogP contribution in [0.25, 0.3) is 10.9 Å². The van der Waals surface area contributed by atoms with Crippen molar-refractivity contribution in [1.82, 2.24) is 9.88 Å². The van der Waals surface area contributed by atoms with Gasteiger partial charge < -0.3 is 9.88 Å². The Kier molecular flexibility index (Phi) is 4.32. The number of para-hydroxylation sites is 1. The van der Waals surface area contributed by atoms with Gasteiger partial charge in [-0.05, 0) is 30.9 Å². The minimum absolute atomic E-state index is 0.705. The van der Waals surface area contributed by atoms with Gasteiger partial charge in [0.2, 0.25) is 0 Å². The molecule has 2 unspecified atom stereocenters. The number of fused-ring (bicyclic) bond motifs is 1. The summed E-state index contributed by atoms with van der Waals surface area (Å²) in [5.74, 6) is 0.878. The van der Waals surface area contributed by atoms with Crippen LogP contribution in [0.15, 0.2) is 30.5 Å². The van der Waals surface area contributed by atoms with Crippen LogP contribution in [0.5, 0.6) is 0 Å². The Morgan fingerprint density at radius 3 is 3.05 bits per heavy atom. The van der Waals surface area contributed by atoms with Gasteiger partial charge in [-0.15, -0.1) is 0 Å². The number of halogens is 1. The molecule has 0 amide bonds. The van der Waals surface area contributed by atoms with Gasteiger partial charge in [-0.1, -0.05) is 43.5 Å². The molecule has 1 fully saturated rings. The van der Waals surface area contributed by atoms with Gasteiger partial charge in [0.05, 0.1) is 10.5 Å². The van der Waals surface area contributed by atoms with E-state index in [0.29, 0.717) is 6.04 Å². The summed E-state index contributed by atoms with van der Waals surface area (Å²) in [6.45, 7) is 4.37. The molecule has 0 radical (unpaired) electrons. The van der Waals surface area contributed by atoms with Crippen LogP contribution in [-0.4, -0.2) is 17.2 Å². The Hall–Kier alpha value is -0.990. The van der Waals surface area contributed by atoms with Crippen molar-refractivity contribution in [1.29, 1.82) is 0 Å². The molecule has 108 valence electrons. The van der Waals surface area contributed by atoms with Crippen LogP contribution >= 0.6 is 11.6 Å². The van der Waals surface area contributed by atoms with Crippen LogP contribution in [0, 0.1) is 5.92 Å². The topological polar surface area (TPSA) is 17.0 Å². The molecule has 20 heavy (non-hydrogen) atoms. The van der Waals surface area contributed by atoms with E-state index in [2.05, 4.69) is 35.1 Å². The maximum absolute atomic E-state index is 6.31. The zero-order valence-electron chi connectivity index (χ0n) is 12.1. The highest BCUT2D eigenvalue weighted by Crippen LogP contribution is 2.25. The maximum Gasteiger partial charge on any atom is 0.0670 e. The molecule has 1 N–H and O–H groups in total. The van der Waals surface area contributed by atoms with Gasteiger partial charge in [-0.2, -0.15) is 0 Å². The lowest BCUT2D eigenvalue weighted by Gasteiger charge is -2.27. The average Bonchev–Trinajstić information content (AvgIpc) is 2.84. The SMILES string of the molecule is CC1CCCC(NCCn2ccc3cccc(Cl)c32)C1. The lowest BCUT2D eigenvalue weighted by atomic mass is 9.87. The zero-order chi connectivity index (χ0) is 13.9. The predicted octanol–water partition coefficient (Wildman–Crippen LogP) is 4.46. The molecule has 3 heteroatoms. The van der Waals surface area contributed by atoms with Crippen LogP contribution in [-0.2, 0) is 6.54 Å². The Morgan fingerprint density at radius 1 is 1.30 bits per heavy atom. The van der Waals surface area contributed by atoms with Gasteiger partial charge in [0.15, 0.2) is 0 Å². The van der Waals surface area contributed by atoms with Crippen molar-refractivity contribution < 1.29 is 0 Å². The monoisotopic (exact) mass is 290 g/mol. The second-order valence-electron chi connectivity index (χ2n) is 6.11. The number of nitrogens with one attached hydrogen (secondary N) is 1. The van der Waals surface area contributed by atoms with E-state index in [4.69, 9.17) is 11.6 Å². The first-order chi connectivity index (χ1) is 9.74. The summed E-state index contributed by atoms with van der Waals surface area (Å²) < 4.78 is 2.26. The van der Waals surface area contributed by atoms with Crippen molar-refractivity contribution in [3.8, 4) is 0 Å². The van der Waals surface area contributed by atoms with Crippen LogP contribution in [0.1, 0.15) is 32.6 Å². The molecule has 2 aromatic rings. The van der Waals surface area contributed by atoms with Gasteiger partial charge in [0, 0.05) is 30.7 Å². The first-order valence-electron chi connectivity index (χ1n) is 7.71. The molecule has 2 atom stereocenters. The van der Waals surface area contributed by atoms with Gasteiger partial charge >= 0.3 is 0 Å².